The van der Waals surface area contributed by atoms with E-state index in [9.17, 15) is 0 Å². The standard InChI is InChI=1S/C4H7Cl3OSi/c5-9(6,7)2-1-4-3-8-4/h4H,1-3H2. The summed E-state index contributed by atoms with van der Waals surface area (Å²) >= 11 is 16.9. The number of hydrogen-bond donors (Lipinski definition) is 0. The zero-order chi connectivity index (χ0) is 6.91. The molecule has 0 saturated carbocycles. The van der Waals surface area contributed by atoms with Crippen LogP contribution < -0.4 is 0 Å². The molecule has 1 aliphatic rings. The molecule has 9 heavy (non-hydrogen) atoms. The van der Waals surface area contributed by atoms with E-state index in [4.69, 9.17) is 38.0 Å². The number of rotatable bonds is 3. The predicted molar refractivity (Wildman–Crippen MR) is 42.5 cm³/mol. The van der Waals surface area contributed by atoms with Crippen LogP contribution in [0.4, 0.5) is 0 Å². The first-order valence-electron chi connectivity index (χ1n) is 2.76. The van der Waals surface area contributed by atoms with Crippen molar-refractivity contribution in [2.45, 2.75) is 18.6 Å². The summed E-state index contributed by atoms with van der Waals surface area (Å²) < 4.78 is 4.95. The van der Waals surface area contributed by atoms with E-state index in [1.54, 1.807) is 0 Å². The van der Waals surface area contributed by atoms with Crippen molar-refractivity contribution >= 4 is 39.2 Å². The van der Waals surface area contributed by atoms with Gasteiger partial charge in [0.2, 0.25) is 0 Å². The van der Waals surface area contributed by atoms with Crippen molar-refractivity contribution < 1.29 is 4.74 Å². The van der Waals surface area contributed by atoms with Crippen molar-refractivity contribution in [2.24, 2.45) is 0 Å². The third kappa shape index (κ3) is 4.45. The lowest BCUT2D eigenvalue weighted by atomic mass is 10.4. The molecule has 0 aliphatic carbocycles. The summed E-state index contributed by atoms with van der Waals surface area (Å²) in [6, 6.07) is -1.62. The molecule has 5 heteroatoms. The largest absolute Gasteiger partial charge is 0.373 e. The van der Waals surface area contributed by atoms with Crippen molar-refractivity contribution in [3.8, 4) is 0 Å². The predicted octanol–water partition coefficient (Wildman–Crippen LogP) is 2.43. The average Bonchev–Trinajstić information content (AvgIpc) is 2.38. The molecule has 0 aromatic heterocycles. The second-order valence-corrected chi connectivity index (χ2v) is 11.4. The Bertz CT molecular complexity index is 98.5. The van der Waals surface area contributed by atoms with Crippen LogP contribution in [0.15, 0.2) is 0 Å². The van der Waals surface area contributed by atoms with Gasteiger partial charge in [0.15, 0.2) is 0 Å². The summed E-state index contributed by atoms with van der Waals surface area (Å²) in [6.45, 7) is 0.856. The maximum atomic E-state index is 5.62. The Balaban J connectivity index is 2.03. The third-order valence-electron chi connectivity index (χ3n) is 1.15. The fourth-order valence-electron chi connectivity index (χ4n) is 0.559. The SMILES string of the molecule is Cl[Si](Cl)(Cl)CCC1CO1. The summed E-state index contributed by atoms with van der Waals surface area (Å²) in [5.41, 5.74) is 0. The molecule has 1 heterocycles. The van der Waals surface area contributed by atoms with Crippen molar-refractivity contribution in [3.63, 3.8) is 0 Å². The molecule has 1 aliphatic heterocycles. The van der Waals surface area contributed by atoms with Crippen LogP contribution in [0, 0.1) is 0 Å². The molecule has 0 N–H and O–H groups in total. The van der Waals surface area contributed by atoms with Gasteiger partial charge in [-0.1, -0.05) is 0 Å². The number of halogens is 3. The van der Waals surface area contributed by atoms with E-state index in [0.29, 0.717) is 6.10 Å². The molecule has 0 spiro atoms. The fraction of sp³-hybridized carbons (Fsp3) is 1.00. The third-order valence-corrected chi connectivity index (χ3v) is 3.71. The van der Waals surface area contributed by atoms with Gasteiger partial charge in [0, 0.05) is 0 Å². The Hall–Kier alpha value is 1.05. The minimum atomic E-state index is -2.34. The minimum absolute atomic E-state index is 0.396. The lowest BCUT2D eigenvalue weighted by Gasteiger charge is -2.03. The van der Waals surface area contributed by atoms with E-state index in [1.165, 1.54) is 0 Å². The zero-order valence-electron chi connectivity index (χ0n) is 4.74. The molecule has 1 fully saturated rings. The molecular weight excluding hydrogens is 198 g/mol. The highest BCUT2D eigenvalue weighted by Crippen LogP contribution is 2.29. The first kappa shape index (κ1) is 8.15. The Labute approximate surface area is 69.3 Å². The molecule has 0 aromatic carbocycles. The molecule has 1 rings (SSSR count). The first-order chi connectivity index (χ1) is 4.08. The van der Waals surface area contributed by atoms with Crippen molar-refractivity contribution in [1.82, 2.24) is 0 Å². The quantitative estimate of drug-likeness (QED) is 0.392. The lowest BCUT2D eigenvalue weighted by Crippen LogP contribution is -2.09. The topological polar surface area (TPSA) is 12.5 Å². The van der Waals surface area contributed by atoms with Gasteiger partial charge in [0.25, 0.3) is 0 Å². The van der Waals surface area contributed by atoms with Gasteiger partial charge in [-0.25, -0.2) is 0 Å². The van der Waals surface area contributed by atoms with Gasteiger partial charge in [0.1, 0.15) is 0 Å². The zero-order valence-corrected chi connectivity index (χ0v) is 8.01. The van der Waals surface area contributed by atoms with E-state index in [0.717, 1.165) is 19.1 Å². The number of ether oxygens (including phenoxy) is 1. The van der Waals surface area contributed by atoms with Crippen LogP contribution in [0.3, 0.4) is 0 Å². The summed E-state index contributed by atoms with van der Waals surface area (Å²) in [5.74, 6) is 0. The highest BCUT2D eigenvalue weighted by Gasteiger charge is 2.30. The molecule has 1 saturated heterocycles. The highest BCUT2D eigenvalue weighted by molar-refractivity contribution is 7.64. The molecule has 54 valence electrons. The van der Waals surface area contributed by atoms with Crippen LogP contribution in [0.5, 0.6) is 0 Å². The van der Waals surface area contributed by atoms with Gasteiger partial charge in [-0.05, 0) is 12.5 Å². The smallest absolute Gasteiger partial charge is 0.341 e. The van der Waals surface area contributed by atoms with Crippen LogP contribution in [-0.4, -0.2) is 18.7 Å². The fourth-order valence-corrected chi connectivity index (χ4v) is 2.19. The van der Waals surface area contributed by atoms with Crippen LogP contribution in [0.25, 0.3) is 0 Å². The van der Waals surface area contributed by atoms with Gasteiger partial charge in [-0.2, -0.15) is 0 Å². The van der Waals surface area contributed by atoms with Crippen LogP contribution >= 0.6 is 33.2 Å². The molecule has 0 radical (unpaired) electrons. The normalized spacial score (nSPS) is 26.3. The summed E-state index contributed by atoms with van der Waals surface area (Å²) in [5, 5.41) is 0. The highest BCUT2D eigenvalue weighted by atomic mass is 35.8. The Kier molecular flexibility index (Phi) is 2.69. The average molecular weight is 206 g/mol. The van der Waals surface area contributed by atoms with E-state index in [-0.39, 0.29) is 0 Å². The van der Waals surface area contributed by atoms with Gasteiger partial charge in [-0.3, -0.25) is 0 Å². The number of hydrogen-bond acceptors (Lipinski definition) is 1. The molecule has 1 atom stereocenters. The first-order valence-corrected chi connectivity index (χ1v) is 8.00. The minimum Gasteiger partial charge on any atom is -0.373 e. The molecule has 0 amide bonds. The van der Waals surface area contributed by atoms with Crippen LogP contribution in [0.1, 0.15) is 6.42 Å². The maximum absolute atomic E-state index is 5.62. The van der Waals surface area contributed by atoms with E-state index < -0.39 is 6.00 Å². The van der Waals surface area contributed by atoms with Crippen LogP contribution in [0.2, 0.25) is 6.04 Å². The molecular formula is C4H7Cl3OSi. The molecule has 1 unspecified atom stereocenters. The van der Waals surface area contributed by atoms with Gasteiger partial charge >= 0.3 is 6.00 Å². The summed E-state index contributed by atoms with van der Waals surface area (Å²) in [6.07, 6.45) is 1.32. The maximum Gasteiger partial charge on any atom is 0.341 e. The van der Waals surface area contributed by atoms with Crippen molar-refractivity contribution in [3.05, 3.63) is 0 Å². The van der Waals surface area contributed by atoms with E-state index in [1.807, 2.05) is 0 Å². The molecule has 0 bridgehead atoms. The number of epoxide rings is 1. The van der Waals surface area contributed by atoms with E-state index in [2.05, 4.69) is 0 Å². The lowest BCUT2D eigenvalue weighted by molar-refractivity contribution is 0.403. The Morgan fingerprint density at radius 2 is 2.00 bits per heavy atom. The van der Waals surface area contributed by atoms with Crippen molar-refractivity contribution in [2.75, 3.05) is 6.61 Å². The summed E-state index contributed by atoms with van der Waals surface area (Å²) in [4.78, 5) is 0. The van der Waals surface area contributed by atoms with E-state index >= 15 is 0 Å². The van der Waals surface area contributed by atoms with Gasteiger partial charge in [0.05, 0.1) is 12.7 Å². The second-order valence-electron chi connectivity index (χ2n) is 2.11. The van der Waals surface area contributed by atoms with Gasteiger partial charge in [-0.15, -0.1) is 33.2 Å². The Morgan fingerprint density at radius 1 is 1.44 bits per heavy atom. The summed E-state index contributed by atoms with van der Waals surface area (Å²) in [7, 11) is 0. The van der Waals surface area contributed by atoms with Gasteiger partial charge < -0.3 is 4.74 Å². The second kappa shape index (κ2) is 2.97. The monoisotopic (exact) mass is 204 g/mol. The Morgan fingerprint density at radius 3 is 2.33 bits per heavy atom. The van der Waals surface area contributed by atoms with Crippen LogP contribution in [-0.2, 0) is 4.74 Å². The molecule has 0 aromatic rings. The van der Waals surface area contributed by atoms with Crippen molar-refractivity contribution in [1.29, 1.82) is 0 Å². The molecule has 1 nitrogen and oxygen atoms in total.